The van der Waals surface area contributed by atoms with Gasteiger partial charge in [-0.1, -0.05) is 37.1 Å². The summed E-state index contributed by atoms with van der Waals surface area (Å²) in [5.41, 5.74) is 2.85. The molecule has 0 saturated heterocycles. The van der Waals surface area contributed by atoms with E-state index in [2.05, 4.69) is 12.0 Å². The van der Waals surface area contributed by atoms with Crippen LogP contribution in [0.2, 0.25) is 5.02 Å². The van der Waals surface area contributed by atoms with Gasteiger partial charge in [0.05, 0.1) is 36.7 Å². The highest BCUT2D eigenvalue weighted by Gasteiger charge is 2.23. The number of aliphatic carboxylic acids is 1. The monoisotopic (exact) mass is 648 g/mol. The van der Waals surface area contributed by atoms with Crippen molar-refractivity contribution in [3.05, 3.63) is 87.6 Å². The molecule has 11 nitrogen and oxygen atoms in total. The van der Waals surface area contributed by atoms with E-state index in [-0.39, 0.29) is 36.0 Å². The summed E-state index contributed by atoms with van der Waals surface area (Å²) < 4.78 is 30.0. The Balaban J connectivity index is 1.58. The minimum atomic E-state index is -1.17. The van der Waals surface area contributed by atoms with E-state index in [0.717, 1.165) is 12.8 Å². The van der Waals surface area contributed by atoms with Gasteiger partial charge in [0.15, 0.2) is 11.5 Å². The predicted octanol–water partition coefficient (Wildman–Crippen LogP) is 6.74. The molecule has 0 amide bonds. The van der Waals surface area contributed by atoms with Crippen molar-refractivity contribution in [2.45, 2.75) is 39.3 Å². The third-order valence-electron chi connectivity index (χ3n) is 7.49. The van der Waals surface area contributed by atoms with Gasteiger partial charge in [-0.3, -0.25) is 4.68 Å². The molecule has 46 heavy (non-hydrogen) atoms. The van der Waals surface area contributed by atoms with Crippen LogP contribution in [-0.4, -0.2) is 52.9 Å². The van der Waals surface area contributed by atoms with Crippen molar-refractivity contribution in [3.8, 4) is 40.0 Å². The lowest BCUT2D eigenvalue weighted by atomic mass is 9.99. The zero-order valence-electron chi connectivity index (χ0n) is 25.5. The van der Waals surface area contributed by atoms with E-state index in [9.17, 15) is 19.8 Å². The first-order valence-corrected chi connectivity index (χ1v) is 14.9. The average molecular weight is 649 g/mol. The number of fused-ring (bicyclic) bond motifs is 1. The number of aromatic nitrogens is 2. The van der Waals surface area contributed by atoms with Gasteiger partial charge in [0.25, 0.3) is 0 Å². The molecule has 1 aliphatic rings. The molecule has 0 bridgehead atoms. The molecule has 0 atom stereocenters. The zero-order valence-corrected chi connectivity index (χ0v) is 26.3. The van der Waals surface area contributed by atoms with Crippen molar-refractivity contribution >= 4 is 29.6 Å². The summed E-state index contributed by atoms with van der Waals surface area (Å²) >= 11 is 6.19. The Labute approximate surface area is 270 Å². The van der Waals surface area contributed by atoms with Crippen LogP contribution in [0, 0.1) is 0 Å². The topological polar surface area (TPSA) is 139 Å². The number of carbonyl (C=O) groups is 2. The first-order chi connectivity index (χ1) is 22.2. The smallest absolute Gasteiger partial charge is 0.337 e. The van der Waals surface area contributed by atoms with E-state index in [0.29, 0.717) is 63.2 Å². The van der Waals surface area contributed by atoms with Crippen molar-refractivity contribution in [2.24, 2.45) is 0 Å². The number of rotatable bonds is 14. The number of ether oxygens (including phenoxy) is 5. The minimum absolute atomic E-state index is 0.0351. The third-order valence-corrected chi connectivity index (χ3v) is 7.81. The Morgan fingerprint density at radius 1 is 1.02 bits per heavy atom. The lowest BCUT2D eigenvalue weighted by Crippen LogP contribution is -2.08. The summed E-state index contributed by atoms with van der Waals surface area (Å²) in [6, 6.07) is 13.5. The number of aryl methyl sites for hydroxylation is 1. The van der Waals surface area contributed by atoms with Crippen LogP contribution in [0.1, 0.15) is 46.8 Å². The number of halogens is 1. The molecule has 1 aromatic heterocycles. The van der Waals surface area contributed by atoms with Gasteiger partial charge in [0.1, 0.15) is 23.9 Å². The standard InChI is InChI=1S/C34H33ClN2O9/c1-4-5-11-37-32(25-10-9-24(42-2)15-28(25)44-18-20-7-6-8-26(35)31(20)34(40)41)23(17-36-37)13-22(33(38)39)12-21-14-29-30(46-19-45-29)16-27(21)43-3/h6-10,13-17H,4-5,11-12,18-19H2,1-3H3,(H,38,39)(H,40,41)/b22-13+. The minimum Gasteiger partial charge on any atom is -0.497 e. The molecule has 240 valence electrons. The highest BCUT2D eigenvalue weighted by molar-refractivity contribution is 6.33. The molecule has 5 rings (SSSR count). The van der Waals surface area contributed by atoms with Crippen LogP contribution < -0.4 is 23.7 Å². The Kier molecular flexibility index (Phi) is 10.0. The van der Waals surface area contributed by atoms with Gasteiger partial charge in [0.2, 0.25) is 6.79 Å². The number of carboxylic acid groups (broad SMARTS) is 2. The molecule has 0 radical (unpaired) electrons. The number of methoxy groups -OCH3 is 2. The molecule has 1 aliphatic heterocycles. The Morgan fingerprint density at radius 2 is 1.80 bits per heavy atom. The maximum Gasteiger partial charge on any atom is 0.337 e. The maximum atomic E-state index is 12.6. The van der Waals surface area contributed by atoms with Crippen molar-refractivity contribution in [1.29, 1.82) is 0 Å². The first kappa shape index (κ1) is 32.2. The average Bonchev–Trinajstić information content (AvgIpc) is 3.67. The Bertz CT molecular complexity index is 1800. The van der Waals surface area contributed by atoms with E-state index in [1.165, 1.54) is 20.3 Å². The van der Waals surface area contributed by atoms with Crippen LogP contribution >= 0.6 is 11.6 Å². The lowest BCUT2D eigenvalue weighted by Gasteiger charge is -2.17. The summed E-state index contributed by atoms with van der Waals surface area (Å²) in [7, 11) is 3.04. The number of hydrogen-bond donors (Lipinski definition) is 2. The summed E-state index contributed by atoms with van der Waals surface area (Å²) in [6.45, 7) is 2.62. The number of nitrogens with zero attached hydrogens (tertiary/aromatic N) is 2. The van der Waals surface area contributed by atoms with Crippen molar-refractivity contribution in [2.75, 3.05) is 21.0 Å². The highest BCUT2D eigenvalue weighted by atomic mass is 35.5. The van der Waals surface area contributed by atoms with Gasteiger partial charge in [-0.05, 0) is 36.8 Å². The van der Waals surface area contributed by atoms with Crippen LogP contribution in [0.25, 0.3) is 17.3 Å². The van der Waals surface area contributed by atoms with E-state index in [4.69, 9.17) is 35.3 Å². The third kappa shape index (κ3) is 6.89. The molecular weight excluding hydrogens is 616 g/mol. The molecule has 0 saturated carbocycles. The number of carboxylic acids is 2. The molecule has 0 fully saturated rings. The molecule has 3 aromatic carbocycles. The van der Waals surface area contributed by atoms with Crippen LogP contribution in [-0.2, 0) is 24.4 Å². The number of benzene rings is 3. The van der Waals surface area contributed by atoms with E-state index in [1.807, 2.05) is 10.7 Å². The van der Waals surface area contributed by atoms with Gasteiger partial charge < -0.3 is 33.9 Å². The lowest BCUT2D eigenvalue weighted by molar-refractivity contribution is -0.132. The second-order valence-electron chi connectivity index (χ2n) is 10.4. The second kappa shape index (κ2) is 14.3. The molecule has 4 aromatic rings. The van der Waals surface area contributed by atoms with Crippen molar-refractivity contribution in [3.63, 3.8) is 0 Å². The summed E-state index contributed by atoms with van der Waals surface area (Å²) in [5, 5.41) is 24.8. The quantitative estimate of drug-likeness (QED) is 0.141. The number of aromatic carboxylic acids is 1. The SMILES string of the molecule is CCCCn1ncc(/C=C(\Cc2cc3c(cc2OC)OCO3)C(=O)O)c1-c1ccc(OC)cc1OCc1cccc(Cl)c1C(=O)O. The predicted molar refractivity (Wildman–Crippen MR) is 170 cm³/mol. The fourth-order valence-electron chi connectivity index (χ4n) is 5.18. The fraction of sp³-hybridized carbons (Fsp3) is 0.265. The normalized spacial score (nSPS) is 12.2. The first-order valence-electron chi connectivity index (χ1n) is 14.5. The second-order valence-corrected chi connectivity index (χ2v) is 10.8. The van der Waals surface area contributed by atoms with Crippen molar-refractivity contribution < 1.29 is 43.5 Å². The van der Waals surface area contributed by atoms with E-state index < -0.39 is 11.9 Å². The van der Waals surface area contributed by atoms with Crippen LogP contribution in [0.5, 0.6) is 28.7 Å². The Hall–Kier alpha value is -5.16. The molecular formula is C34H33ClN2O9. The molecule has 2 N–H and O–H groups in total. The fourth-order valence-corrected chi connectivity index (χ4v) is 5.46. The largest absolute Gasteiger partial charge is 0.497 e. The molecule has 0 aliphatic carbocycles. The molecule has 2 heterocycles. The van der Waals surface area contributed by atoms with Crippen LogP contribution in [0.3, 0.4) is 0 Å². The molecule has 0 unspecified atom stereocenters. The van der Waals surface area contributed by atoms with Gasteiger partial charge in [-0.2, -0.15) is 5.10 Å². The van der Waals surface area contributed by atoms with Crippen LogP contribution in [0.15, 0.2) is 60.3 Å². The van der Waals surface area contributed by atoms with Gasteiger partial charge in [0, 0.05) is 52.9 Å². The molecule has 0 spiro atoms. The van der Waals surface area contributed by atoms with Gasteiger partial charge in [-0.25, -0.2) is 9.59 Å². The summed E-state index contributed by atoms with van der Waals surface area (Å²) in [5.74, 6) is 0.142. The van der Waals surface area contributed by atoms with Gasteiger partial charge >= 0.3 is 11.9 Å². The zero-order chi connectivity index (χ0) is 32.8. The summed E-state index contributed by atoms with van der Waals surface area (Å²) in [4.78, 5) is 24.5. The van der Waals surface area contributed by atoms with E-state index in [1.54, 1.807) is 48.7 Å². The number of hydrogen-bond acceptors (Lipinski definition) is 8. The highest BCUT2D eigenvalue weighted by Crippen LogP contribution is 2.40. The van der Waals surface area contributed by atoms with E-state index >= 15 is 0 Å². The van der Waals surface area contributed by atoms with Gasteiger partial charge in [-0.15, -0.1) is 0 Å². The maximum absolute atomic E-state index is 12.6. The van der Waals surface area contributed by atoms with Crippen LogP contribution in [0.4, 0.5) is 0 Å². The summed E-state index contributed by atoms with van der Waals surface area (Å²) in [6.07, 6.45) is 4.98. The Morgan fingerprint density at radius 3 is 2.50 bits per heavy atom. The van der Waals surface area contributed by atoms with Crippen molar-refractivity contribution in [1.82, 2.24) is 9.78 Å². The number of unbranched alkanes of at least 4 members (excludes halogenated alkanes) is 1. The molecule has 12 heteroatoms.